The molecule has 5 heteroatoms. The summed E-state index contributed by atoms with van der Waals surface area (Å²) in [5.41, 5.74) is 1.95. The van der Waals surface area contributed by atoms with E-state index in [1.807, 2.05) is 12.3 Å². The highest BCUT2D eigenvalue weighted by molar-refractivity contribution is 7.12. The zero-order valence-electron chi connectivity index (χ0n) is 10.1. The second-order valence-electron chi connectivity index (χ2n) is 3.82. The number of aliphatic hydroxyl groups is 2. The van der Waals surface area contributed by atoms with E-state index >= 15 is 0 Å². The van der Waals surface area contributed by atoms with E-state index in [9.17, 15) is 9.90 Å². The number of aliphatic hydroxyl groups excluding tert-OH is 2. The molecule has 0 spiro atoms. The third kappa shape index (κ3) is 3.80. The van der Waals surface area contributed by atoms with Crippen molar-refractivity contribution in [2.45, 2.75) is 32.8 Å². The molecule has 4 nitrogen and oxygen atoms in total. The van der Waals surface area contributed by atoms with Gasteiger partial charge < -0.3 is 14.9 Å². The van der Waals surface area contributed by atoms with E-state index in [4.69, 9.17) is 9.84 Å². The Hall–Kier alpha value is -0.910. The normalized spacial score (nSPS) is 12.5. The molecule has 0 saturated heterocycles. The van der Waals surface area contributed by atoms with Gasteiger partial charge in [0, 0.05) is 0 Å². The van der Waals surface area contributed by atoms with Crippen LogP contribution in [-0.4, -0.2) is 35.5 Å². The van der Waals surface area contributed by atoms with Gasteiger partial charge in [-0.3, -0.25) is 0 Å². The van der Waals surface area contributed by atoms with Crippen molar-refractivity contribution in [2.75, 3.05) is 13.2 Å². The molecule has 96 valence electrons. The summed E-state index contributed by atoms with van der Waals surface area (Å²) in [4.78, 5) is 12.3. The van der Waals surface area contributed by atoms with Crippen LogP contribution in [0.1, 0.15) is 34.1 Å². The Morgan fingerprint density at radius 2 is 2.29 bits per heavy atom. The molecule has 1 aromatic rings. The van der Waals surface area contributed by atoms with E-state index in [1.54, 1.807) is 6.92 Å². The molecular formula is C12H18O4S. The molecule has 1 atom stereocenters. The van der Waals surface area contributed by atoms with Crippen LogP contribution in [-0.2, 0) is 11.2 Å². The molecule has 1 heterocycles. The quantitative estimate of drug-likeness (QED) is 0.759. The maximum atomic E-state index is 11.7. The summed E-state index contributed by atoms with van der Waals surface area (Å²) in [5, 5.41) is 20.0. The predicted molar refractivity (Wildman–Crippen MR) is 66.4 cm³/mol. The van der Waals surface area contributed by atoms with Gasteiger partial charge in [0.2, 0.25) is 0 Å². The summed E-state index contributed by atoms with van der Waals surface area (Å²) < 4.78 is 4.97. The van der Waals surface area contributed by atoms with Crippen molar-refractivity contribution in [1.29, 1.82) is 0 Å². The molecule has 1 aromatic heterocycles. The summed E-state index contributed by atoms with van der Waals surface area (Å²) in [6.07, 6.45) is 0.287. The van der Waals surface area contributed by atoms with Crippen LogP contribution in [0.15, 0.2) is 5.38 Å². The molecule has 0 aromatic carbocycles. The highest BCUT2D eigenvalue weighted by Gasteiger charge is 2.17. The lowest BCUT2D eigenvalue weighted by Crippen LogP contribution is -2.14. The zero-order valence-corrected chi connectivity index (χ0v) is 10.9. The summed E-state index contributed by atoms with van der Waals surface area (Å²) in [5.74, 6) is -0.306. The maximum absolute atomic E-state index is 11.7. The number of ether oxygens (including phenoxy) is 1. The molecule has 2 N–H and O–H groups in total. The Bertz CT molecular complexity index is 373. The van der Waals surface area contributed by atoms with Gasteiger partial charge in [0.05, 0.1) is 19.3 Å². The molecule has 0 aliphatic carbocycles. The number of esters is 1. The van der Waals surface area contributed by atoms with E-state index in [-0.39, 0.29) is 12.6 Å². The van der Waals surface area contributed by atoms with Crippen molar-refractivity contribution in [3.63, 3.8) is 0 Å². The van der Waals surface area contributed by atoms with Gasteiger partial charge >= 0.3 is 5.97 Å². The van der Waals surface area contributed by atoms with Crippen LogP contribution in [0, 0.1) is 6.92 Å². The van der Waals surface area contributed by atoms with Crippen LogP contribution in [0.2, 0.25) is 0 Å². The minimum Gasteiger partial charge on any atom is -0.462 e. The van der Waals surface area contributed by atoms with Crippen molar-refractivity contribution in [3.8, 4) is 0 Å². The predicted octanol–water partition coefficient (Wildman–Crippen LogP) is 1.52. The third-order valence-electron chi connectivity index (χ3n) is 2.50. The average Bonchev–Trinajstić information content (AvgIpc) is 2.68. The number of aryl methyl sites for hydroxylation is 1. The molecule has 0 aliphatic heterocycles. The summed E-state index contributed by atoms with van der Waals surface area (Å²) in [6, 6.07) is 0. The fourth-order valence-electron chi connectivity index (χ4n) is 1.55. The number of rotatable bonds is 6. The molecule has 0 amide bonds. The lowest BCUT2D eigenvalue weighted by atomic mass is 10.0. The van der Waals surface area contributed by atoms with Crippen LogP contribution in [0.25, 0.3) is 0 Å². The highest BCUT2D eigenvalue weighted by atomic mass is 32.1. The SMILES string of the molecule is CCOC(=O)c1scc(C)c1CC[C@@H](O)CO. The highest BCUT2D eigenvalue weighted by Crippen LogP contribution is 2.24. The Kier molecular flexibility index (Phi) is 5.61. The van der Waals surface area contributed by atoms with Gasteiger partial charge in [-0.1, -0.05) is 0 Å². The first-order valence-electron chi connectivity index (χ1n) is 5.63. The van der Waals surface area contributed by atoms with Crippen LogP contribution in [0.5, 0.6) is 0 Å². The second-order valence-corrected chi connectivity index (χ2v) is 4.70. The summed E-state index contributed by atoms with van der Waals surface area (Å²) in [6.45, 7) is 3.81. The van der Waals surface area contributed by atoms with Gasteiger partial charge in [0.1, 0.15) is 4.88 Å². The number of hydrogen-bond acceptors (Lipinski definition) is 5. The van der Waals surface area contributed by atoms with E-state index in [2.05, 4.69) is 0 Å². The average molecular weight is 258 g/mol. The largest absolute Gasteiger partial charge is 0.462 e. The van der Waals surface area contributed by atoms with E-state index in [0.717, 1.165) is 11.1 Å². The molecule has 0 bridgehead atoms. The van der Waals surface area contributed by atoms with Crippen molar-refractivity contribution < 1.29 is 19.7 Å². The molecule has 17 heavy (non-hydrogen) atoms. The minimum absolute atomic E-state index is 0.252. The van der Waals surface area contributed by atoms with Crippen molar-refractivity contribution in [3.05, 3.63) is 21.4 Å². The van der Waals surface area contributed by atoms with Crippen LogP contribution in [0.4, 0.5) is 0 Å². The Labute approximate surface area is 105 Å². The molecular weight excluding hydrogens is 240 g/mol. The Morgan fingerprint density at radius 3 is 2.88 bits per heavy atom. The Balaban J connectivity index is 2.76. The van der Waals surface area contributed by atoms with Crippen LogP contribution >= 0.6 is 11.3 Å². The van der Waals surface area contributed by atoms with E-state index in [1.165, 1.54) is 11.3 Å². The second kappa shape index (κ2) is 6.74. The summed E-state index contributed by atoms with van der Waals surface area (Å²) >= 11 is 1.36. The number of hydrogen-bond donors (Lipinski definition) is 2. The van der Waals surface area contributed by atoms with Gasteiger partial charge in [0.25, 0.3) is 0 Å². The topological polar surface area (TPSA) is 66.8 Å². The lowest BCUT2D eigenvalue weighted by molar-refractivity contribution is 0.0529. The van der Waals surface area contributed by atoms with Crippen molar-refractivity contribution >= 4 is 17.3 Å². The first kappa shape index (κ1) is 14.2. The maximum Gasteiger partial charge on any atom is 0.348 e. The van der Waals surface area contributed by atoms with Crippen molar-refractivity contribution in [1.82, 2.24) is 0 Å². The molecule has 0 saturated carbocycles. The van der Waals surface area contributed by atoms with E-state index in [0.29, 0.717) is 24.3 Å². The fraction of sp³-hybridized carbons (Fsp3) is 0.583. The van der Waals surface area contributed by atoms with Gasteiger partial charge in [-0.05, 0) is 43.2 Å². The lowest BCUT2D eigenvalue weighted by Gasteiger charge is -2.08. The van der Waals surface area contributed by atoms with Gasteiger partial charge in [-0.2, -0.15) is 0 Å². The molecule has 0 fully saturated rings. The number of carbonyl (C=O) groups excluding carboxylic acids is 1. The minimum atomic E-state index is -0.732. The van der Waals surface area contributed by atoms with Crippen LogP contribution < -0.4 is 0 Å². The van der Waals surface area contributed by atoms with Gasteiger partial charge in [-0.25, -0.2) is 4.79 Å². The summed E-state index contributed by atoms with van der Waals surface area (Å²) in [7, 11) is 0. The first-order valence-corrected chi connectivity index (χ1v) is 6.51. The van der Waals surface area contributed by atoms with E-state index < -0.39 is 6.10 Å². The van der Waals surface area contributed by atoms with Crippen LogP contribution in [0.3, 0.4) is 0 Å². The Morgan fingerprint density at radius 1 is 1.59 bits per heavy atom. The smallest absolute Gasteiger partial charge is 0.348 e. The number of carbonyl (C=O) groups is 1. The fourth-order valence-corrected chi connectivity index (χ4v) is 2.55. The first-order chi connectivity index (χ1) is 8.10. The number of thiophene rings is 1. The third-order valence-corrected chi connectivity index (χ3v) is 3.62. The van der Waals surface area contributed by atoms with Gasteiger partial charge in [-0.15, -0.1) is 11.3 Å². The monoisotopic (exact) mass is 258 g/mol. The molecule has 0 radical (unpaired) electrons. The molecule has 0 unspecified atom stereocenters. The molecule has 1 rings (SSSR count). The molecule has 0 aliphatic rings. The van der Waals surface area contributed by atoms with Gasteiger partial charge in [0.15, 0.2) is 0 Å². The zero-order chi connectivity index (χ0) is 12.8. The van der Waals surface area contributed by atoms with Crippen molar-refractivity contribution in [2.24, 2.45) is 0 Å². The standard InChI is InChI=1S/C12H18O4S/c1-3-16-12(15)11-10(8(2)7-17-11)5-4-9(14)6-13/h7,9,13-14H,3-6H2,1-2H3/t9-/m1/s1.